The molecule has 0 aliphatic carbocycles. The van der Waals surface area contributed by atoms with Gasteiger partial charge in [-0.15, -0.1) is 0 Å². The predicted octanol–water partition coefficient (Wildman–Crippen LogP) is 2.62. The maximum Gasteiger partial charge on any atom is 0.178 e. The molecule has 0 radical (unpaired) electrons. The molecular formula is C14H20ClNO2. The number of aliphatic hydroxyl groups is 1. The standard InChI is InChI=1S/C14H20ClNO2/c1-16(9-5-2-6-10-17)11-14(18)12-7-3-4-8-13(12)15/h3-4,7-8,17H,2,5-6,9-11H2,1H3. The summed E-state index contributed by atoms with van der Waals surface area (Å²) in [6.45, 7) is 1.47. The van der Waals surface area contributed by atoms with Gasteiger partial charge in [0.1, 0.15) is 0 Å². The molecule has 0 aliphatic rings. The number of unbranched alkanes of at least 4 members (excludes halogenated alkanes) is 2. The van der Waals surface area contributed by atoms with Gasteiger partial charge in [-0.25, -0.2) is 0 Å². The van der Waals surface area contributed by atoms with Gasteiger partial charge in [-0.05, 0) is 45.0 Å². The van der Waals surface area contributed by atoms with Crippen LogP contribution in [0.4, 0.5) is 0 Å². The molecule has 0 saturated carbocycles. The Balaban J connectivity index is 2.38. The summed E-state index contributed by atoms with van der Waals surface area (Å²) in [4.78, 5) is 14.0. The Bertz CT molecular complexity index is 382. The average molecular weight is 270 g/mol. The van der Waals surface area contributed by atoms with E-state index in [-0.39, 0.29) is 12.4 Å². The van der Waals surface area contributed by atoms with Crippen LogP contribution in [0.3, 0.4) is 0 Å². The molecule has 0 bridgehead atoms. The second kappa shape index (κ2) is 8.25. The van der Waals surface area contributed by atoms with Crippen LogP contribution in [-0.2, 0) is 0 Å². The van der Waals surface area contributed by atoms with Crippen LogP contribution in [0.2, 0.25) is 5.02 Å². The van der Waals surface area contributed by atoms with Crippen LogP contribution in [0.25, 0.3) is 0 Å². The normalized spacial score (nSPS) is 10.9. The van der Waals surface area contributed by atoms with Gasteiger partial charge in [0.2, 0.25) is 0 Å². The van der Waals surface area contributed by atoms with Crippen LogP contribution in [0.1, 0.15) is 29.6 Å². The Kier molecular flexibility index (Phi) is 6.94. The molecule has 0 unspecified atom stereocenters. The van der Waals surface area contributed by atoms with Crippen molar-refractivity contribution in [2.45, 2.75) is 19.3 Å². The summed E-state index contributed by atoms with van der Waals surface area (Å²) in [5, 5.41) is 9.18. The highest BCUT2D eigenvalue weighted by molar-refractivity contribution is 6.34. The highest BCUT2D eigenvalue weighted by Gasteiger charge is 2.11. The third-order valence-electron chi connectivity index (χ3n) is 2.79. The minimum Gasteiger partial charge on any atom is -0.396 e. The number of carbonyl (C=O) groups excluding carboxylic acids is 1. The van der Waals surface area contributed by atoms with E-state index in [4.69, 9.17) is 16.7 Å². The number of Topliss-reactive ketones (excluding diaryl/α,β-unsaturated/α-hetero) is 1. The highest BCUT2D eigenvalue weighted by Crippen LogP contribution is 2.15. The van der Waals surface area contributed by atoms with E-state index in [2.05, 4.69) is 0 Å². The number of benzene rings is 1. The Labute approximate surface area is 113 Å². The van der Waals surface area contributed by atoms with E-state index in [0.29, 0.717) is 17.1 Å². The molecule has 1 aromatic carbocycles. The first-order chi connectivity index (χ1) is 8.65. The van der Waals surface area contributed by atoms with E-state index in [1.165, 1.54) is 0 Å². The maximum absolute atomic E-state index is 12.0. The van der Waals surface area contributed by atoms with E-state index >= 15 is 0 Å². The lowest BCUT2D eigenvalue weighted by molar-refractivity contribution is 0.0945. The minimum absolute atomic E-state index is 0.0465. The van der Waals surface area contributed by atoms with E-state index in [0.717, 1.165) is 25.8 Å². The summed E-state index contributed by atoms with van der Waals surface area (Å²) >= 11 is 5.98. The number of hydrogen-bond acceptors (Lipinski definition) is 3. The first kappa shape index (κ1) is 15.2. The molecule has 1 rings (SSSR count). The lowest BCUT2D eigenvalue weighted by Crippen LogP contribution is -2.27. The number of rotatable bonds is 8. The Morgan fingerprint density at radius 3 is 2.67 bits per heavy atom. The summed E-state index contributed by atoms with van der Waals surface area (Å²) in [5.74, 6) is 0.0465. The van der Waals surface area contributed by atoms with Crippen LogP contribution in [0.15, 0.2) is 24.3 Å². The zero-order valence-corrected chi connectivity index (χ0v) is 11.5. The number of carbonyl (C=O) groups is 1. The van der Waals surface area contributed by atoms with Gasteiger partial charge < -0.3 is 5.11 Å². The molecule has 0 heterocycles. The molecule has 0 saturated heterocycles. The third-order valence-corrected chi connectivity index (χ3v) is 3.12. The van der Waals surface area contributed by atoms with Gasteiger partial charge in [-0.2, -0.15) is 0 Å². The maximum atomic E-state index is 12.0. The largest absolute Gasteiger partial charge is 0.396 e. The van der Waals surface area contributed by atoms with Gasteiger partial charge in [0.15, 0.2) is 5.78 Å². The fourth-order valence-electron chi connectivity index (χ4n) is 1.77. The van der Waals surface area contributed by atoms with Crippen molar-refractivity contribution in [2.24, 2.45) is 0 Å². The predicted molar refractivity (Wildman–Crippen MR) is 74.2 cm³/mol. The van der Waals surface area contributed by atoms with E-state index in [9.17, 15) is 4.79 Å². The quantitative estimate of drug-likeness (QED) is 0.583. The summed E-state index contributed by atoms with van der Waals surface area (Å²) in [6.07, 6.45) is 2.81. The third kappa shape index (κ3) is 5.17. The lowest BCUT2D eigenvalue weighted by Gasteiger charge is -2.15. The fraction of sp³-hybridized carbons (Fsp3) is 0.500. The van der Waals surface area contributed by atoms with Gasteiger partial charge in [0, 0.05) is 12.2 Å². The van der Waals surface area contributed by atoms with Crippen LogP contribution in [0, 0.1) is 0 Å². The monoisotopic (exact) mass is 269 g/mol. The zero-order valence-electron chi connectivity index (χ0n) is 10.7. The molecule has 0 spiro atoms. The topological polar surface area (TPSA) is 40.5 Å². The van der Waals surface area contributed by atoms with Crippen molar-refractivity contribution in [1.29, 1.82) is 0 Å². The molecule has 0 fully saturated rings. The molecule has 1 N–H and O–H groups in total. The SMILES string of the molecule is CN(CCCCCO)CC(=O)c1ccccc1Cl. The second-order valence-electron chi connectivity index (χ2n) is 4.43. The molecule has 0 aliphatic heterocycles. The number of likely N-dealkylation sites (N-methyl/N-ethyl adjacent to an activating group) is 1. The number of hydrogen-bond donors (Lipinski definition) is 1. The number of aliphatic hydroxyl groups excluding tert-OH is 1. The van der Waals surface area contributed by atoms with Crippen molar-refractivity contribution >= 4 is 17.4 Å². The summed E-state index contributed by atoms with van der Waals surface area (Å²) in [5.41, 5.74) is 0.585. The summed E-state index contributed by atoms with van der Waals surface area (Å²) in [6, 6.07) is 7.12. The molecule has 0 amide bonds. The van der Waals surface area contributed by atoms with Gasteiger partial charge in [0.05, 0.1) is 11.6 Å². The van der Waals surface area contributed by atoms with E-state index in [1.54, 1.807) is 12.1 Å². The number of ketones is 1. The van der Waals surface area contributed by atoms with Gasteiger partial charge in [0.25, 0.3) is 0 Å². The van der Waals surface area contributed by atoms with E-state index < -0.39 is 0 Å². The lowest BCUT2D eigenvalue weighted by atomic mass is 10.1. The van der Waals surface area contributed by atoms with Crippen LogP contribution < -0.4 is 0 Å². The smallest absolute Gasteiger partial charge is 0.178 e. The van der Waals surface area contributed by atoms with Crippen molar-refractivity contribution in [2.75, 3.05) is 26.7 Å². The molecule has 18 heavy (non-hydrogen) atoms. The van der Waals surface area contributed by atoms with Gasteiger partial charge >= 0.3 is 0 Å². The van der Waals surface area contributed by atoms with Crippen molar-refractivity contribution in [3.63, 3.8) is 0 Å². The average Bonchev–Trinajstić information content (AvgIpc) is 2.35. The Morgan fingerprint density at radius 2 is 2.00 bits per heavy atom. The molecular weight excluding hydrogens is 250 g/mol. The van der Waals surface area contributed by atoms with Crippen molar-refractivity contribution in [3.05, 3.63) is 34.9 Å². The summed E-state index contributed by atoms with van der Waals surface area (Å²) < 4.78 is 0. The second-order valence-corrected chi connectivity index (χ2v) is 4.83. The molecule has 3 nitrogen and oxygen atoms in total. The van der Waals surface area contributed by atoms with Gasteiger partial charge in [-0.1, -0.05) is 23.7 Å². The summed E-state index contributed by atoms with van der Waals surface area (Å²) in [7, 11) is 1.92. The minimum atomic E-state index is 0.0465. The molecule has 1 aromatic rings. The van der Waals surface area contributed by atoms with Crippen LogP contribution in [0.5, 0.6) is 0 Å². The molecule has 4 heteroatoms. The number of halogens is 1. The first-order valence-corrected chi connectivity index (χ1v) is 6.60. The Hall–Kier alpha value is -0.900. The van der Waals surface area contributed by atoms with Gasteiger partial charge in [-0.3, -0.25) is 9.69 Å². The highest BCUT2D eigenvalue weighted by atomic mass is 35.5. The van der Waals surface area contributed by atoms with E-state index in [1.807, 2.05) is 24.1 Å². The molecule has 100 valence electrons. The fourth-order valence-corrected chi connectivity index (χ4v) is 2.01. The van der Waals surface area contributed by atoms with Crippen molar-refractivity contribution in [3.8, 4) is 0 Å². The molecule has 0 aromatic heterocycles. The first-order valence-electron chi connectivity index (χ1n) is 6.22. The van der Waals surface area contributed by atoms with Crippen molar-refractivity contribution < 1.29 is 9.90 Å². The molecule has 0 atom stereocenters. The van der Waals surface area contributed by atoms with Crippen molar-refractivity contribution in [1.82, 2.24) is 4.90 Å². The zero-order chi connectivity index (χ0) is 13.4. The van der Waals surface area contributed by atoms with Crippen LogP contribution >= 0.6 is 11.6 Å². The Morgan fingerprint density at radius 1 is 1.28 bits per heavy atom. The van der Waals surface area contributed by atoms with Crippen LogP contribution in [-0.4, -0.2) is 42.5 Å². The number of nitrogens with zero attached hydrogens (tertiary/aromatic N) is 1.